The van der Waals surface area contributed by atoms with Crippen molar-refractivity contribution in [2.24, 2.45) is 0 Å². The van der Waals surface area contributed by atoms with Crippen molar-refractivity contribution in [3.8, 4) is 28.6 Å². The number of halogens is 2. The van der Waals surface area contributed by atoms with Gasteiger partial charge in [-0.1, -0.05) is 40.5 Å². The molecule has 26 heavy (non-hydrogen) atoms. The lowest BCUT2D eigenvalue weighted by Gasteiger charge is -2.01. The minimum atomic E-state index is 0.142. The fourth-order valence-corrected chi connectivity index (χ4v) is 2.96. The molecule has 3 aromatic rings. The molecule has 1 aliphatic heterocycles. The van der Waals surface area contributed by atoms with Gasteiger partial charge in [0.25, 0.3) is 5.89 Å². The van der Waals surface area contributed by atoms with E-state index in [9.17, 15) is 0 Å². The van der Waals surface area contributed by atoms with Crippen LogP contribution in [0.5, 0.6) is 17.2 Å². The van der Waals surface area contributed by atoms with Gasteiger partial charge in [-0.2, -0.15) is 4.98 Å². The summed E-state index contributed by atoms with van der Waals surface area (Å²) in [7, 11) is 1.59. The van der Waals surface area contributed by atoms with Gasteiger partial charge < -0.3 is 18.7 Å². The van der Waals surface area contributed by atoms with E-state index in [1.54, 1.807) is 25.3 Å². The smallest absolute Gasteiger partial charge is 0.269 e. The molecule has 0 atom stereocenters. The average Bonchev–Trinajstić information content (AvgIpc) is 3.31. The molecule has 6 nitrogen and oxygen atoms in total. The van der Waals surface area contributed by atoms with Crippen LogP contribution in [0.2, 0.25) is 5.02 Å². The number of benzene rings is 2. The van der Waals surface area contributed by atoms with Crippen molar-refractivity contribution in [3.63, 3.8) is 0 Å². The van der Waals surface area contributed by atoms with E-state index in [0.717, 1.165) is 11.1 Å². The maximum atomic E-state index is 6.33. The molecule has 0 aliphatic carbocycles. The van der Waals surface area contributed by atoms with Gasteiger partial charge >= 0.3 is 0 Å². The van der Waals surface area contributed by atoms with Gasteiger partial charge in [-0.3, -0.25) is 0 Å². The van der Waals surface area contributed by atoms with Gasteiger partial charge in [0.05, 0.1) is 12.1 Å². The number of hydrogen-bond donors (Lipinski definition) is 0. The predicted molar refractivity (Wildman–Crippen MR) is 97.6 cm³/mol. The van der Waals surface area contributed by atoms with Crippen molar-refractivity contribution in [2.75, 3.05) is 13.9 Å². The summed E-state index contributed by atoms with van der Waals surface area (Å²) in [4.78, 5) is 4.32. The zero-order valence-corrected chi connectivity index (χ0v) is 15.0. The first-order valence-electron chi connectivity index (χ1n) is 7.59. The molecule has 4 rings (SSSR count). The van der Waals surface area contributed by atoms with Crippen LogP contribution in [-0.4, -0.2) is 24.0 Å². The molecule has 1 aromatic heterocycles. The maximum Gasteiger partial charge on any atom is 0.269 e. The lowest BCUT2D eigenvalue weighted by molar-refractivity contribution is 0.174. The summed E-state index contributed by atoms with van der Waals surface area (Å²) in [6.07, 6.45) is 1.66. The highest BCUT2D eigenvalue weighted by Gasteiger charge is 2.18. The van der Waals surface area contributed by atoms with E-state index in [0.29, 0.717) is 28.1 Å². The van der Waals surface area contributed by atoms with Crippen LogP contribution in [0, 0.1) is 0 Å². The summed E-state index contributed by atoms with van der Waals surface area (Å²) in [5.74, 6) is 2.40. The van der Waals surface area contributed by atoms with Crippen LogP contribution >= 0.6 is 23.2 Å². The van der Waals surface area contributed by atoms with Crippen LogP contribution in [-0.2, 0) is 0 Å². The molecule has 0 bridgehead atoms. The van der Waals surface area contributed by atoms with Crippen LogP contribution in [0.25, 0.3) is 22.5 Å². The Balaban J connectivity index is 1.63. The molecule has 0 spiro atoms. The molecule has 1 aliphatic rings. The molecule has 132 valence electrons. The van der Waals surface area contributed by atoms with Crippen molar-refractivity contribution in [1.82, 2.24) is 10.1 Å². The Morgan fingerprint density at radius 3 is 2.96 bits per heavy atom. The molecule has 0 radical (unpaired) electrons. The Morgan fingerprint density at radius 2 is 2.12 bits per heavy atom. The van der Waals surface area contributed by atoms with Crippen molar-refractivity contribution in [1.29, 1.82) is 0 Å². The number of hydrogen-bond acceptors (Lipinski definition) is 6. The number of methoxy groups -OCH3 is 1. The first kappa shape index (κ1) is 16.8. The van der Waals surface area contributed by atoms with E-state index in [1.807, 2.05) is 24.3 Å². The van der Waals surface area contributed by atoms with Crippen molar-refractivity contribution in [2.45, 2.75) is 0 Å². The van der Waals surface area contributed by atoms with Crippen molar-refractivity contribution in [3.05, 3.63) is 52.9 Å². The van der Waals surface area contributed by atoms with Crippen LogP contribution in [0.1, 0.15) is 11.5 Å². The SMILES string of the molecule is COc1cccc(-c2noc(/C(Cl)=C/c3cc(Cl)c4c(c3)OCO4)n2)c1. The topological polar surface area (TPSA) is 66.6 Å². The predicted octanol–water partition coefficient (Wildman–Crippen LogP) is 4.86. The highest BCUT2D eigenvalue weighted by molar-refractivity contribution is 6.50. The average molecular weight is 391 g/mol. The molecule has 0 saturated carbocycles. The number of fused-ring (bicyclic) bond motifs is 1. The normalized spacial score (nSPS) is 13.1. The van der Waals surface area contributed by atoms with Crippen LogP contribution in [0.4, 0.5) is 0 Å². The molecule has 0 unspecified atom stereocenters. The van der Waals surface area contributed by atoms with Gasteiger partial charge in [0.1, 0.15) is 10.8 Å². The molecule has 0 N–H and O–H groups in total. The fraction of sp³-hybridized carbons (Fsp3) is 0.111. The number of aromatic nitrogens is 2. The Bertz CT molecular complexity index is 1000. The van der Waals surface area contributed by atoms with Crippen molar-refractivity contribution >= 4 is 34.3 Å². The first-order chi connectivity index (χ1) is 12.6. The second kappa shape index (κ2) is 6.90. The molecule has 0 amide bonds. The van der Waals surface area contributed by atoms with Gasteiger partial charge in [0.2, 0.25) is 12.6 Å². The van der Waals surface area contributed by atoms with Crippen LogP contribution in [0.3, 0.4) is 0 Å². The zero-order valence-electron chi connectivity index (χ0n) is 13.5. The lowest BCUT2D eigenvalue weighted by atomic mass is 10.2. The van der Waals surface area contributed by atoms with Gasteiger partial charge in [-0.15, -0.1) is 0 Å². The van der Waals surface area contributed by atoms with Crippen molar-refractivity contribution < 1.29 is 18.7 Å². The lowest BCUT2D eigenvalue weighted by Crippen LogP contribution is -1.93. The minimum Gasteiger partial charge on any atom is -0.497 e. The molecule has 0 saturated heterocycles. The van der Waals surface area contributed by atoms with Crippen LogP contribution < -0.4 is 14.2 Å². The van der Waals surface area contributed by atoms with Crippen LogP contribution in [0.15, 0.2) is 40.9 Å². The number of ether oxygens (including phenoxy) is 3. The summed E-state index contributed by atoms with van der Waals surface area (Å²) in [5.41, 5.74) is 1.49. The summed E-state index contributed by atoms with van der Waals surface area (Å²) in [6, 6.07) is 10.8. The Kier molecular flexibility index (Phi) is 4.44. The molecule has 2 aromatic carbocycles. The van der Waals surface area contributed by atoms with E-state index in [2.05, 4.69) is 10.1 Å². The summed E-state index contributed by atoms with van der Waals surface area (Å²) >= 11 is 12.5. The number of nitrogens with zero attached hydrogens (tertiary/aromatic N) is 2. The van der Waals surface area contributed by atoms with E-state index >= 15 is 0 Å². The minimum absolute atomic E-state index is 0.142. The largest absolute Gasteiger partial charge is 0.497 e. The second-order valence-electron chi connectivity index (χ2n) is 5.38. The maximum absolute atomic E-state index is 6.33. The molecular formula is C18H12Cl2N2O4. The van der Waals surface area contributed by atoms with E-state index in [4.69, 9.17) is 41.9 Å². The van der Waals surface area contributed by atoms with E-state index in [1.165, 1.54) is 0 Å². The zero-order chi connectivity index (χ0) is 18.1. The first-order valence-corrected chi connectivity index (χ1v) is 8.34. The third kappa shape index (κ3) is 3.21. The third-order valence-electron chi connectivity index (χ3n) is 3.70. The van der Waals surface area contributed by atoms with Gasteiger partial charge in [0, 0.05) is 5.56 Å². The Morgan fingerprint density at radius 1 is 1.23 bits per heavy atom. The highest BCUT2D eigenvalue weighted by Crippen LogP contribution is 2.40. The third-order valence-corrected chi connectivity index (χ3v) is 4.25. The summed E-state index contributed by atoms with van der Waals surface area (Å²) < 4.78 is 21.1. The summed E-state index contributed by atoms with van der Waals surface area (Å²) in [5, 5.41) is 4.68. The van der Waals surface area contributed by atoms with Gasteiger partial charge in [-0.05, 0) is 35.9 Å². The number of rotatable bonds is 4. The van der Waals surface area contributed by atoms with E-state index in [-0.39, 0.29) is 17.7 Å². The highest BCUT2D eigenvalue weighted by atomic mass is 35.5. The van der Waals surface area contributed by atoms with Gasteiger partial charge in [-0.25, -0.2) is 0 Å². The Labute approximate surface area is 158 Å². The molecule has 2 heterocycles. The molecule has 8 heteroatoms. The standard InChI is InChI=1S/C18H12Cl2N2O4/c1-23-12-4-2-3-11(8-12)17-21-18(26-22-17)14(20)6-10-5-13(19)16-15(7-10)24-9-25-16/h2-8H,9H2,1H3/b14-6-. The molecule has 0 fully saturated rings. The Hall–Kier alpha value is -2.70. The fourth-order valence-electron chi connectivity index (χ4n) is 2.48. The monoisotopic (exact) mass is 390 g/mol. The summed E-state index contributed by atoms with van der Waals surface area (Å²) in [6.45, 7) is 0.142. The van der Waals surface area contributed by atoms with Gasteiger partial charge in [0.15, 0.2) is 11.5 Å². The second-order valence-corrected chi connectivity index (χ2v) is 6.20. The molecular weight excluding hydrogens is 379 g/mol. The van der Waals surface area contributed by atoms with E-state index < -0.39 is 0 Å². The quantitative estimate of drug-likeness (QED) is 0.633.